The van der Waals surface area contributed by atoms with Crippen LogP contribution in [0.1, 0.15) is 11.5 Å². The van der Waals surface area contributed by atoms with E-state index in [4.69, 9.17) is 4.52 Å². The van der Waals surface area contributed by atoms with Crippen LogP contribution < -0.4 is 0 Å². The van der Waals surface area contributed by atoms with Gasteiger partial charge in [0.2, 0.25) is 11.7 Å². The number of thiophene rings is 1. The van der Waals surface area contributed by atoms with Crippen molar-refractivity contribution < 1.29 is 4.52 Å². The summed E-state index contributed by atoms with van der Waals surface area (Å²) >= 11 is 1.63. The van der Waals surface area contributed by atoms with Gasteiger partial charge in [0.1, 0.15) is 0 Å². The maximum Gasteiger partial charge on any atom is 0.223 e. The number of hydrogen-bond acceptors (Lipinski definition) is 4. The van der Waals surface area contributed by atoms with Gasteiger partial charge in [-0.3, -0.25) is 0 Å². The second kappa shape index (κ2) is 2.71. The molecule has 2 rings (SSSR count). The monoisotopic (exact) mass is 180 g/mol. The predicted molar refractivity (Wildman–Crippen MR) is 47.1 cm³/mol. The van der Waals surface area contributed by atoms with Gasteiger partial charge in [-0.2, -0.15) is 4.98 Å². The van der Waals surface area contributed by atoms with E-state index >= 15 is 0 Å². The van der Waals surface area contributed by atoms with Crippen molar-refractivity contribution in [1.29, 1.82) is 0 Å². The van der Waals surface area contributed by atoms with Crippen LogP contribution in [0.5, 0.6) is 0 Å². The van der Waals surface area contributed by atoms with E-state index in [1.165, 1.54) is 5.56 Å². The van der Waals surface area contributed by atoms with Crippen LogP contribution in [-0.4, -0.2) is 10.1 Å². The molecule has 0 spiro atoms. The molecule has 0 N–H and O–H groups in total. The fourth-order valence-corrected chi connectivity index (χ4v) is 1.77. The minimum atomic E-state index is 0.607. The zero-order chi connectivity index (χ0) is 8.55. The topological polar surface area (TPSA) is 38.9 Å². The normalized spacial score (nSPS) is 10.5. The van der Waals surface area contributed by atoms with Gasteiger partial charge >= 0.3 is 0 Å². The van der Waals surface area contributed by atoms with Crippen molar-refractivity contribution in [2.24, 2.45) is 0 Å². The van der Waals surface area contributed by atoms with Gasteiger partial charge in [-0.25, -0.2) is 0 Å². The second-order valence-electron chi connectivity index (χ2n) is 2.63. The molecule has 2 aromatic heterocycles. The van der Waals surface area contributed by atoms with Gasteiger partial charge in [0.05, 0.1) is 4.88 Å². The Morgan fingerprint density at radius 1 is 1.42 bits per heavy atom. The molecule has 0 amide bonds. The lowest BCUT2D eigenvalue weighted by Crippen LogP contribution is -1.74. The standard InChI is InChI=1S/C8H8N2OS/c1-5-3-7(12-4-5)8-9-6(2)11-10-8/h3-4H,1-2H3. The molecule has 0 saturated carbocycles. The molecule has 0 aliphatic heterocycles. The average molecular weight is 180 g/mol. The van der Waals surface area contributed by atoms with Crippen molar-refractivity contribution in [1.82, 2.24) is 10.1 Å². The zero-order valence-electron chi connectivity index (χ0n) is 6.87. The highest BCUT2D eigenvalue weighted by molar-refractivity contribution is 7.13. The van der Waals surface area contributed by atoms with E-state index in [2.05, 4.69) is 21.6 Å². The van der Waals surface area contributed by atoms with Gasteiger partial charge in [-0.05, 0) is 23.9 Å². The molecule has 0 aliphatic carbocycles. The zero-order valence-corrected chi connectivity index (χ0v) is 7.68. The van der Waals surface area contributed by atoms with Gasteiger partial charge < -0.3 is 4.52 Å². The molecule has 0 saturated heterocycles. The molecule has 62 valence electrons. The van der Waals surface area contributed by atoms with E-state index < -0.39 is 0 Å². The first-order chi connectivity index (χ1) is 5.75. The van der Waals surface area contributed by atoms with Crippen LogP contribution in [0.4, 0.5) is 0 Å². The van der Waals surface area contributed by atoms with Crippen molar-refractivity contribution in [2.75, 3.05) is 0 Å². The van der Waals surface area contributed by atoms with Crippen LogP contribution >= 0.6 is 11.3 Å². The van der Waals surface area contributed by atoms with Crippen LogP contribution in [0, 0.1) is 13.8 Å². The van der Waals surface area contributed by atoms with E-state index in [1.807, 2.05) is 6.92 Å². The van der Waals surface area contributed by atoms with E-state index in [0.717, 1.165) is 4.88 Å². The Hall–Kier alpha value is -1.16. The predicted octanol–water partition coefficient (Wildman–Crippen LogP) is 2.41. The third-order valence-electron chi connectivity index (χ3n) is 1.48. The summed E-state index contributed by atoms with van der Waals surface area (Å²) in [4.78, 5) is 5.19. The molecular weight excluding hydrogens is 172 g/mol. The average Bonchev–Trinajstić information content (AvgIpc) is 2.58. The van der Waals surface area contributed by atoms with Crippen LogP contribution in [0.25, 0.3) is 10.7 Å². The molecule has 0 atom stereocenters. The first-order valence-electron chi connectivity index (χ1n) is 3.61. The fourth-order valence-electron chi connectivity index (χ4n) is 0.948. The van der Waals surface area contributed by atoms with E-state index in [0.29, 0.717) is 11.7 Å². The summed E-state index contributed by atoms with van der Waals surface area (Å²) in [5.41, 5.74) is 1.23. The Bertz CT molecular complexity index is 353. The molecule has 0 aliphatic rings. The Kier molecular flexibility index (Phi) is 1.69. The number of hydrogen-bond donors (Lipinski definition) is 0. The van der Waals surface area contributed by atoms with Gasteiger partial charge in [0, 0.05) is 6.92 Å². The Balaban J connectivity index is 2.43. The highest BCUT2D eigenvalue weighted by atomic mass is 32.1. The molecule has 2 aromatic rings. The van der Waals surface area contributed by atoms with Crippen molar-refractivity contribution in [3.8, 4) is 10.7 Å². The summed E-state index contributed by atoms with van der Waals surface area (Å²) in [6.07, 6.45) is 0. The van der Waals surface area contributed by atoms with Crippen LogP contribution in [0.2, 0.25) is 0 Å². The molecule has 0 fully saturated rings. The molecule has 3 nitrogen and oxygen atoms in total. The Morgan fingerprint density at radius 3 is 2.75 bits per heavy atom. The summed E-state index contributed by atoms with van der Waals surface area (Å²) in [6, 6.07) is 2.05. The summed E-state index contributed by atoms with van der Waals surface area (Å²) in [5, 5.41) is 5.89. The van der Waals surface area contributed by atoms with E-state index in [1.54, 1.807) is 18.3 Å². The number of aryl methyl sites for hydroxylation is 2. The third kappa shape index (κ3) is 1.25. The quantitative estimate of drug-likeness (QED) is 0.676. The van der Waals surface area contributed by atoms with Crippen molar-refractivity contribution in [2.45, 2.75) is 13.8 Å². The number of aromatic nitrogens is 2. The van der Waals surface area contributed by atoms with Gasteiger partial charge in [-0.1, -0.05) is 5.16 Å². The molecule has 0 aromatic carbocycles. The lowest BCUT2D eigenvalue weighted by atomic mass is 10.3. The van der Waals surface area contributed by atoms with E-state index in [9.17, 15) is 0 Å². The lowest BCUT2D eigenvalue weighted by Gasteiger charge is -1.81. The number of rotatable bonds is 1. The van der Waals surface area contributed by atoms with Gasteiger partial charge in [0.25, 0.3) is 0 Å². The number of nitrogens with zero attached hydrogens (tertiary/aromatic N) is 2. The van der Waals surface area contributed by atoms with E-state index in [-0.39, 0.29) is 0 Å². The van der Waals surface area contributed by atoms with Gasteiger partial charge in [0.15, 0.2) is 0 Å². The molecule has 12 heavy (non-hydrogen) atoms. The lowest BCUT2D eigenvalue weighted by molar-refractivity contribution is 0.394. The first kappa shape index (κ1) is 7.49. The smallest absolute Gasteiger partial charge is 0.223 e. The summed E-state index contributed by atoms with van der Waals surface area (Å²) in [5.74, 6) is 1.29. The maximum absolute atomic E-state index is 4.87. The first-order valence-corrected chi connectivity index (χ1v) is 4.49. The molecule has 0 radical (unpaired) electrons. The Morgan fingerprint density at radius 2 is 2.25 bits per heavy atom. The highest BCUT2D eigenvalue weighted by Crippen LogP contribution is 2.23. The van der Waals surface area contributed by atoms with Crippen molar-refractivity contribution in [3.05, 3.63) is 22.9 Å². The van der Waals surface area contributed by atoms with Crippen LogP contribution in [0.15, 0.2) is 16.0 Å². The molecule has 2 heterocycles. The largest absolute Gasteiger partial charge is 0.339 e. The Labute approximate surface area is 74.0 Å². The minimum Gasteiger partial charge on any atom is -0.339 e. The summed E-state index contributed by atoms with van der Waals surface area (Å²) < 4.78 is 4.87. The van der Waals surface area contributed by atoms with Crippen molar-refractivity contribution in [3.63, 3.8) is 0 Å². The SMILES string of the molecule is Cc1csc(-c2noc(C)n2)c1. The van der Waals surface area contributed by atoms with Crippen molar-refractivity contribution >= 4 is 11.3 Å². The molecular formula is C8H8N2OS. The van der Waals surface area contributed by atoms with Crippen LogP contribution in [-0.2, 0) is 0 Å². The fraction of sp³-hybridized carbons (Fsp3) is 0.250. The third-order valence-corrected chi connectivity index (χ3v) is 2.52. The highest BCUT2D eigenvalue weighted by Gasteiger charge is 2.06. The summed E-state index contributed by atoms with van der Waals surface area (Å²) in [7, 11) is 0. The molecule has 0 bridgehead atoms. The molecule has 0 unspecified atom stereocenters. The molecule has 4 heteroatoms. The van der Waals surface area contributed by atoms with Gasteiger partial charge in [-0.15, -0.1) is 11.3 Å². The maximum atomic E-state index is 4.87. The second-order valence-corrected chi connectivity index (χ2v) is 3.54. The minimum absolute atomic E-state index is 0.607. The summed E-state index contributed by atoms with van der Waals surface area (Å²) in [6.45, 7) is 3.84. The van der Waals surface area contributed by atoms with Crippen LogP contribution in [0.3, 0.4) is 0 Å².